The standard InChI is InChI=1S/C23H27N5O/c1-12-7-15-16(9-18(12)28(4)21(29)22(2)5-6-22)25-20(24-15)19-14-8-13-10-23(13,3)11-17(14)26-27-19/h7,9,13H,5-6,8,10-11H2,1-4H3,(H,24,25)(H,26,27)/t13-,23-/m1/s1. The SMILES string of the molecule is Cc1cc2nc(-c3n[nH]c4c3C[C@@H]3C[C@]3(C)C4)[nH]c2cc1N(C)C(=O)C1(C)CC1. The Morgan fingerprint density at radius 2 is 2.07 bits per heavy atom. The van der Waals surface area contributed by atoms with Crippen LogP contribution in [0.2, 0.25) is 0 Å². The number of aromatic nitrogens is 4. The van der Waals surface area contributed by atoms with Gasteiger partial charge in [0.2, 0.25) is 5.91 Å². The van der Waals surface area contributed by atoms with E-state index in [1.807, 2.05) is 18.9 Å². The molecule has 2 aromatic heterocycles. The Balaban J connectivity index is 1.38. The van der Waals surface area contributed by atoms with Gasteiger partial charge in [0.25, 0.3) is 0 Å². The van der Waals surface area contributed by atoms with Gasteiger partial charge in [-0.1, -0.05) is 13.8 Å². The van der Waals surface area contributed by atoms with Gasteiger partial charge in [0.1, 0.15) is 5.69 Å². The van der Waals surface area contributed by atoms with Crippen molar-refractivity contribution < 1.29 is 4.79 Å². The van der Waals surface area contributed by atoms with Gasteiger partial charge in [-0.05, 0) is 68.1 Å². The molecule has 1 aromatic carbocycles. The third-order valence-corrected chi connectivity index (χ3v) is 7.73. The summed E-state index contributed by atoms with van der Waals surface area (Å²) in [4.78, 5) is 22.9. The monoisotopic (exact) mass is 389 g/mol. The molecule has 0 saturated heterocycles. The van der Waals surface area contributed by atoms with Crippen LogP contribution in [0.25, 0.3) is 22.6 Å². The summed E-state index contributed by atoms with van der Waals surface area (Å²) in [6.07, 6.45) is 5.47. The van der Waals surface area contributed by atoms with E-state index in [4.69, 9.17) is 4.98 Å². The molecule has 0 bridgehead atoms. The third-order valence-electron chi connectivity index (χ3n) is 7.73. The topological polar surface area (TPSA) is 77.7 Å². The summed E-state index contributed by atoms with van der Waals surface area (Å²) >= 11 is 0. The molecule has 6 nitrogen and oxygen atoms in total. The smallest absolute Gasteiger partial charge is 0.232 e. The van der Waals surface area contributed by atoms with Crippen LogP contribution < -0.4 is 4.90 Å². The lowest BCUT2D eigenvalue weighted by molar-refractivity contribution is -0.122. The van der Waals surface area contributed by atoms with Crippen LogP contribution in [-0.2, 0) is 17.6 Å². The Kier molecular flexibility index (Phi) is 3.15. The number of nitrogens with zero attached hydrogens (tertiary/aromatic N) is 3. The van der Waals surface area contributed by atoms with E-state index < -0.39 is 0 Å². The molecule has 3 aliphatic rings. The van der Waals surface area contributed by atoms with E-state index in [9.17, 15) is 4.79 Å². The number of imidazole rings is 1. The van der Waals surface area contributed by atoms with E-state index in [2.05, 4.69) is 41.2 Å². The lowest BCUT2D eigenvalue weighted by Crippen LogP contribution is -2.33. The number of anilines is 1. The molecule has 150 valence electrons. The summed E-state index contributed by atoms with van der Waals surface area (Å²) < 4.78 is 0. The minimum Gasteiger partial charge on any atom is -0.337 e. The maximum absolute atomic E-state index is 12.8. The lowest BCUT2D eigenvalue weighted by Gasteiger charge is -2.23. The quantitative estimate of drug-likeness (QED) is 0.706. The van der Waals surface area contributed by atoms with E-state index in [1.54, 1.807) is 0 Å². The minimum atomic E-state index is -0.180. The number of fused-ring (bicyclic) bond motifs is 3. The van der Waals surface area contributed by atoms with Crippen molar-refractivity contribution in [2.24, 2.45) is 16.7 Å². The van der Waals surface area contributed by atoms with E-state index in [-0.39, 0.29) is 11.3 Å². The van der Waals surface area contributed by atoms with Crippen LogP contribution in [0, 0.1) is 23.7 Å². The molecule has 1 amide bonds. The van der Waals surface area contributed by atoms with Crippen LogP contribution in [-0.4, -0.2) is 33.1 Å². The van der Waals surface area contributed by atoms with Crippen LogP contribution in [0.4, 0.5) is 5.69 Å². The van der Waals surface area contributed by atoms with Crippen LogP contribution >= 0.6 is 0 Å². The van der Waals surface area contributed by atoms with Crippen molar-refractivity contribution >= 4 is 22.6 Å². The number of aromatic amines is 2. The summed E-state index contributed by atoms with van der Waals surface area (Å²) in [5.41, 5.74) is 7.74. The van der Waals surface area contributed by atoms with Crippen molar-refractivity contribution in [3.8, 4) is 11.5 Å². The minimum absolute atomic E-state index is 0.180. The normalized spacial score (nSPS) is 26.1. The van der Waals surface area contributed by atoms with Crippen molar-refractivity contribution in [1.29, 1.82) is 0 Å². The zero-order valence-electron chi connectivity index (χ0n) is 17.5. The molecule has 2 saturated carbocycles. The van der Waals surface area contributed by atoms with E-state index >= 15 is 0 Å². The zero-order chi connectivity index (χ0) is 20.1. The second kappa shape index (κ2) is 5.29. The van der Waals surface area contributed by atoms with Gasteiger partial charge in [-0.3, -0.25) is 9.89 Å². The average Bonchev–Trinajstić information content (AvgIpc) is 3.46. The van der Waals surface area contributed by atoms with E-state index in [0.29, 0.717) is 5.41 Å². The Morgan fingerprint density at radius 1 is 1.28 bits per heavy atom. The number of hydrogen-bond donors (Lipinski definition) is 2. The van der Waals surface area contributed by atoms with Crippen LogP contribution in [0.1, 0.15) is 49.9 Å². The molecular weight excluding hydrogens is 362 g/mol. The third kappa shape index (κ3) is 2.44. The Labute approximate surface area is 170 Å². The van der Waals surface area contributed by atoms with Crippen LogP contribution in [0.5, 0.6) is 0 Å². The fraction of sp³-hybridized carbons (Fsp3) is 0.522. The second-order valence-corrected chi connectivity index (χ2v) is 10.1. The number of carbonyl (C=O) groups is 1. The zero-order valence-corrected chi connectivity index (χ0v) is 17.5. The van der Waals surface area contributed by atoms with E-state index in [1.165, 1.54) is 17.7 Å². The van der Waals surface area contributed by atoms with Crippen molar-refractivity contribution in [2.45, 2.75) is 52.9 Å². The first-order valence-corrected chi connectivity index (χ1v) is 10.6. The van der Waals surface area contributed by atoms with Gasteiger partial charge in [0.05, 0.1) is 11.0 Å². The first kappa shape index (κ1) is 17.2. The molecule has 3 aromatic rings. The molecule has 6 rings (SSSR count). The second-order valence-electron chi connectivity index (χ2n) is 10.1. The molecule has 0 radical (unpaired) electrons. The fourth-order valence-electron chi connectivity index (χ4n) is 5.19. The highest BCUT2D eigenvalue weighted by molar-refractivity contribution is 6.00. The summed E-state index contributed by atoms with van der Waals surface area (Å²) in [6.45, 7) is 6.48. The van der Waals surface area contributed by atoms with Gasteiger partial charge in [-0.2, -0.15) is 5.10 Å². The van der Waals surface area contributed by atoms with Crippen LogP contribution in [0.3, 0.4) is 0 Å². The molecule has 2 heterocycles. The molecule has 0 aliphatic heterocycles. The largest absolute Gasteiger partial charge is 0.337 e. The number of nitrogens with one attached hydrogen (secondary N) is 2. The lowest BCUT2D eigenvalue weighted by atomic mass is 9.88. The van der Waals surface area contributed by atoms with Gasteiger partial charge in [0, 0.05) is 29.4 Å². The molecule has 6 heteroatoms. The molecular formula is C23H27N5O. The Bertz CT molecular complexity index is 1180. The molecule has 0 unspecified atom stereocenters. The molecule has 2 fully saturated rings. The number of benzene rings is 1. The van der Waals surface area contributed by atoms with Gasteiger partial charge in [0.15, 0.2) is 5.82 Å². The van der Waals surface area contributed by atoms with Crippen molar-refractivity contribution in [2.75, 3.05) is 11.9 Å². The highest BCUT2D eigenvalue weighted by Gasteiger charge is 2.53. The van der Waals surface area contributed by atoms with E-state index in [0.717, 1.165) is 65.4 Å². The maximum atomic E-state index is 12.8. The first-order valence-electron chi connectivity index (χ1n) is 10.6. The number of carbonyl (C=O) groups excluding carboxylic acids is 1. The first-order chi connectivity index (χ1) is 13.8. The predicted molar refractivity (Wildman–Crippen MR) is 113 cm³/mol. The number of rotatable bonds is 3. The van der Waals surface area contributed by atoms with Gasteiger partial charge in [-0.15, -0.1) is 0 Å². The number of amides is 1. The van der Waals surface area contributed by atoms with Gasteiger partial charge < -0.3 is 9.88 Å². The summed E-state index contributed by atoms with van der Waals surface area (Å²) in [5, 5.41) is 7.88. The molecule has 29 heavy (non-hydrogen) atoms. The maximum Gasteiger partial charge on any atom is 0.232 e. The number of hydrogen-bond acceptors (Lipinski definition) is 3. The van der Waals surface area contributed by atoms with Gasteiger partial charge >= 0.3 is 0 Å². The summed E-state index contributed by atoms with van der Waals surface area (Å²) in [5.74, 6) is 1.81. The highest BCUT2D eigenvalue weighted by Crippen LogP contribution is 2.59. The van der Waals surface area contributed by atoms with Gasteiger partial charge in [-0.25, -0.2) is 4.98 Å². The summed E-state index contributed by atoms with van der Waals surface area (Å²) in [6, 6.07) is 4.13. The van der Waals surface area contributed by atoms with Crippen molar-refractivity contribution in [1.82, 2.24) is 20.2 Å². The highest BCUT2D eigenvalue weighted by atomic mass is 16.2. The molecule has 3 aliphatic carbocycles. The Morgan fingerprint density at radius 3 is 2.83 bits per heavy atom. The Hall–Kier alpha value is -2.63. The molecule has 2 N–H and O–H groups in total. The average molecular weight is 390 g/mol. The molecule has 0 spiro atoms. The number of aryl methyl sites for hydroxylation is 1. The number of H-pyrrole nitrogens is 2. The fourth-order valence-corrected chi connectivity index (χ4v) is 5.19. The predicted octanol–water partition coefficient (Wildman–Crippen LogP) is 4.15. The summed E-state index contributed by atoms with van der Waals surface area (Å²) in [7, 11) is 1.88. The van der Waals surface area contributed by atoms with Crippen molar-refractivity contribution in [3.63, 3.8) is 0 Å². The molecule has 2 atom stereocenters. The van der Waals surface area contributed by atoms with Crippen LogP contribution in [0.15, 0.2) is 12.1 Å². The van der Waals surface area contributed by atoms with Crippen molar-refractivity contribution in [3.05, 3.63) is 29.0 Å².